The van der Waals surface area contributed by atoms with Crippen LogP contribution < -0.4 is 10.6 Å². The van der Waals surface area contributed by atoms with Crippen LogP contribution >= 0.6 is 11.6 Å². The predicted molar refractivity (Wildman–Crippen MR) is 68.8 cm³/mol. The van der Waals surface area contributed by atoms with Crippen molar-refractivity contribution in [3.8, 4) is 0 Å². The Kier molecular flexibility index (Phi) is 5.61. The summed E-state index contributed by atoms with van der Waals surface area (Å²) < 4.78 is 0. The first-order valence-corrected chi connectivity index (χ1v) is 5.56. The maximum Gasteiger partial charge on any atom is 0.239 e. The molecule has 2 N–H and O–H groups in total. The number of nitrogens with one attached hydrogen (secondary N) is 2. The smallest absolute Gasteiger partial charge is 0.239 e. The third-order valence-corrected chi connectivity index (χ3v) is 2.19. The second-order valence-electron chi connectivity index (χ2n) is 3.26. The predicted octanol–water partition coefficient (Wildman–Crippen LogP) is 2.10. The zero-order valence-electron chi connectivity index (χ0n) is 9.16. The van der Waals surface area contributed by atoms with Crippen LogP contribution in [0.3, 0.4) is 0 Å². The highest BCUT2D eigenvalue weighted by Crippen LogP contribution is 2.10. The Labute approximate surface area is 100 Å². The first-order chi connectivity index (χ1) is 7.76. The third kappa shape index (κ3) is 4.47. The Balaban J connectivity index is 2.57. The van der Waals surface area contributed by atoms with Crippen LogP contribution in [0.25, 0.3) is 6.08 Å². The number of hydrogen-bond donors (Lipinski definition) is 2. The Bertz CT molecular complexity index is 360. The van der Waals surface area contributed by atoms with E-state index in [0.29, 0.717) is 0 Å². The molecular formula is C12H15ClN2O. The SMILES string of the molecule is CNCC=Cc1ccc(NC(=O)CCl)cc1. The van der Waals surface area contributed by atoms with Gasteiger partial charge in [-0.3, -0.25) is 4.79 Å². The Morgan fingerprint density at radius 1 is 1.38 bits per heavy atom. The summed E-state index contributed by atoms with van der Waals surface area (Å²) in [7, 11) is 1.90. The lowest BCUT2D eigenvalue weighted by atomic mass is 10.2. The second-order valence-corrected chi connectivity index (χ2v) is 3.53. The number of halogens is 1. The van der Waals surface area contributed by atoms with E-state index in [1.54, 1.807) is 0 Å². The molecule has 0 aromatic heterocycles. The van der Waals surface area contributed by atoms with E-state index >= 15 is 0 Å². The molecule has 0 bridgehead atoms. The number of anilines is 1. The zero-order valence-corrected chi connectivity index (χ0v) is 9.92. The fourth-order valence-corrected chi connectivity index (χ4v) is 1.25. The molecule has 1 amide bonds. The maximum atomic E-state index is 11.0. The average Bonchev–Trinajstić information content (AvgIpc) is 2.31. The molecule has 0 saturated heterocycles. The summed E-state index contributed by atoms with van der Waals surface area (Å²) >= 11 is 5.39. The zero-order chi connectivity index (χ0) is 11.8. The van der Waals surface area contributed by atoms with Gasteiger partial charge in [-0.05, 0) is 24.7 Å². The normalized spacial score (nSPS) is 10.6. The average molecular weight is 239 g/mol. The summed E-state index contributed by atoms with van der Waals surface area (Å²) in [6.07, 6.45) is 4.05. The fraction of sp³-hybridized carbons (Fsp3) is 0.250. The molecule has 1 aromatic carbocycles. The van der Waals surface area contributed by atoms with Crippen LogP contribution in [0, 0.1) is 0 Å². The summed E-state index contributed by atoms with van der Waals surface area (Å²) in [6, 6.07) is 7.58. The van der Waals surface area contributed by atoms with Crippen molar-refractivity contribution in [1.29, 1.82) is 0 Å². The molecule has 0 aliphatic carbocycles. The van der Waals surface area contributed by atoms with Crippen LogP contribution in [0.1, 0.15) is 5.56 Å². The number of hydrogen-bond acceptors (Lipinski definition) is 2. The maximum absolute atomic E-state index is 11.0. The highest BCUT2D eigenvalue weighted by molar-refractivity contribution is 6.29. The lowest BCUT2D eigenvalue weighted by Crippen LogP contribution is -2.12. The van der Waals surface area contributed by atoms with E-state index in [4.69, 9.17) is 11.6 Å². The van der Waals surface area contributed by atoms with Crippen molar-refractivity contribution >= 4 is 29.3 Å². The van der Waals surface area contributed by atoms with Gasteiger partial charge in [0.1, 0.15) is 5.88 Å². The number of alkyl halides is 1. The highest BCUT2D eigenvalue weighted by Gasteiger charge is 1.98. The molecule has 1 rings (SSSR count). The molecule has 0 aliphatic heterocycles. The van der Waals surface area contributed by atoms with Gasteiger partial charge in [0.05, 0.1) is 0 Å². The van der Waals surface area contributed by atoms with Crippen molar-refractivity contribution in [2.24, 2.45) is 0 Å². The van der Waals surface area contributed by atoms with Gasteiger partial charge in [0, 0.05) is 12.2 Å². The van der Waals surface area contributed by atoms with E-state index in [1.807, 2.05) is 43.5 Å². The number of rotatable bonds is 5. The molecule has 0 fully saturated rings. The van der Waals surface area contributed by atoms with Gasteiger partial charge < -0.3 is 10.6 Å². The van der Waals surface area contributed by atoms with Crippen LogP contribution in [0.5, 0.6) is 0 Å². The van der Waals surface area contributed by atoms with Gasteiger partial charge >= 0.3 is 0 Å². The van der Waals surface area contributed by atoms with Crippen molar-refractivity contribution in [3.63, 3.8) is 0 Å². The molecule has 0 unspecified atom stereocenters. The van der Waals surface area contributed by atoms with Crippen LogP contribution in [0.2, 0.25) is 0 Å². The van der Waals surface area contributed by atoms with Crippen LogP contribution in [-0.2, 0) is 4.79 Å². The second kappa shape index (κ2) is 7.04. The molecule has 0 saturated carbocycles. The van der Waals surface area contributed by atoms with Crippen molar-refractivity contribution in [2.75, 3.05) is 24.8 Å². The lowest BCUT2D eigenvalue weighted by molar-refractivity contribution is -0.113. The van der Waals surface area contributed by atoms with Crippen LogP contribution in [0.4, 0.5) is 5.69 Å². The highest BCUT2D eigenvalue weighted by atomic mass is 35.5. The van der Waals surface area contributed by atoms with Gasteiger partial charge in [0.15, 0.2) is 0 Å². The topological polar surface area (TPSA) is 41.1 Å². The van der Waals surface area contributed by atoms with Crippen molar-refractivity contribution in [1.82, 2.24) is 5.32 Å². The molecular weight excluding hydrogens is 224 g/mol. The Morgan fingerprint density at radius 3 is 2.62 bits per heavy atom. The van der Waals surface area contributed by atoms with Gasteiger partial charge in [0.25, 0.3) is 0 Å². The number of carbonyl (C=O) groups excluding carboxylic acids is 1. The van der Waals surface area contributed by atoms with E-state index in [0.717, 1.165) is 17.8 Å². The van der Waals surface area contributed by atoms with Crippen LogP contribution in [-0.4, -0.2) is 25.4 Å². The summed E-state index contributed by atoms with van der Waals surface area (Å²) in [4.78, 5) is 11.0. The fourth-order valence-electron chi connectivity index (χ4n) is 1.18. The summed E-state index contributed by atoms with van der Waals surface area (Å²) in [5.74, 6) is -0.218. The number of carbonyl (C=O) groups is 1. The van der Waals surface area contributed by atoms with Gasteiger partial charge in [0.2, 0.25) is 5.91 Å². The number of amides is 1. The molecule has 3 nitrogen and oxygen atoms in total. The third-order valence-electron chi connectivity index (χ3n) is 1.95. The minimum atomic E-state index is -0.194. The number of likely N-dealkylation sites (N-methyl/N-ethyl adjacent to an activating group) is 1. The van der Waals surface area contributed by atoms with Gasteiger partial charge in [-0.1, -0.05) is 24.3 Å². The molecule has 0 aliphatic rings. The van der Waals surface area contributed by atoms with E-state index in [9.17, 15) is 4.79 Å². The molecule has 0 heterocycles. The van der Waals surface area contributed by atoms with E-state index in [2.05, 4.69) is 10.6 Å². The Morgan fingerprint density at radius 2 is 2.06 bits per heavy atom. The first kappa shape index (κ1) is 12.7. The van der Waals surface area contributed by atoms with Gasteiger partial charge in [-0.15, -0.1) is 11.6 Å². The monoisotopic (exact) mass is 238 g/mol. The lowest BCUT2D eigenvalue weighted by Gasteiger charge is -2.02. The summed E-state index contributed by atoms with van der Waals surface area (Å²) in [5, 5.41) is 5.70. The quantitative estimate of drug-likeness (QED) is 0.772. The largest absolute Gasteiger partial charge is 0.325 e. The number of benzene rings is 1. The van der Waals surface area contributed by atoms with E-state index < -0.39 is 0 Å². The van der Waals surface area contributed by atoms with Crippen molar-refractivity contribution < 1.29 is 4.79 Å². The molecule has 0 spiro atoms. The Hall–Kier alpha value is -1.32. The van der Waals surface area contributed by atoms with Gasteiger partial charge in [-0.25, -0.2) is 0 Å². The summed E-state index contributed by atoms with van der Waals surface area (Å²) in [5.41, 5.74) is 1.86. The minimum absolute atomic E-state index is 0.0240. The molecule has 86 valence electrons. The standard InChI is InChI=1S/C12H15ClN2O/c1-14-8-2-3-10-4-6-11(7-5-10)15-12(16)9-13/h2-7,14H,8-9H2,1H3,(H,15,16). The molecule has 0 atom stereocenters. The first-order valence-electron chi connectivity index (χ1n) is 5.03. The van der Waals surface area contributed by atoms with E-state index in [1.165, 1.54) is 0 Å². The van der Waals surface area contributed by atoms with E-state index in [-0.39, 0.29) is 11.8 Å². The van der Waals surface area contributed by atoms with Gasteiger partial charge in [-0.2, -0.15) is 0 Å². The van der Waals surface area contributed by atoms with Crippen LogP contribution in [0.15, 0.2) is 30.3 Å². The molecule has 0 radical (unpaired) electrons. The molecule has 1 aromatic rings. The minimum Gasteiger partial charge on any atom is -0.325 e. The van der Waals surface area contributed by atoms with Crippen molar-refractivity contribution in [3.05, 3.63) is 35.9 Å². The molecule has 16 heavy (non-hydrogen) atoms. The molecule has 4 heteroatoms. The summed E-state index contributed by atoms with van der Waals surface area (Å²) in [6.45, 7) is 0.838. The van der Waals surface area contributed by atoms with Crippen molar-refractivity contribution in [2.45, 2.75) is 0 Å².